The molecule has 2 rings (SSSR count). The molecule has 0 saturated carbocycles. The van der Waals surface area contributed by atoms with Gasteiger partial charge in [0.05, 0.1) is 0 Å². The zero-order valence-electron chi connectivity index (χ0n) is 11.3. The van der Waals surface area contributed by atoms with Crippen molar-refractivity contribution in [3.8, 4) is 0 Å². The first-order valence-electron chi connectivity index (χ1n) is 6.45. The number of hydrogen-bond donors (Lipinski definition) is 1. The Balaban J connectivity index is 1.96. The summed E-state index contributed by atoms with van der Waals surface area (Å²) in [4.78, 5) is 1.15. The van der Waals surface area contributed by atoms with Crippen molar-refractivity contribution in [3.63, 3.8) is 0 Å². The average molecular weight is 293 g/mol. The second-order valence-corrected chi connectivity index (χ2v) is 5.80. The van der Waals surface area contributed by atoms with E-state index in [0.29, 0.717) is 5.75 Å². The van der Waals surface area contributed by atoms with Crippen molar-refractivity contribution in [2.24, 2.45) is 5.73 Å². The number of benzene rings is 2. The Hall–Kier alpha value is -1.39. The van der Waals surface area contributed by atoms with Gasteiger partial charge in [-0.25, -0.2) is 8.78 Å². The Morgan fingerprint density at radius 1 is 1.05 bits per heavy atom. The predicted octanol–water partition coefficient (Wildman–Crippen LogP) is 3.94. The fraction of sp³-hybridized carbons (Fsp3) is 0.250. The van der Waals surface area contributed by atoms with E-state index in [9.17, 15) is 8.78 Å². The summed E-state index contributed by atoms with van der Waals surface area (Å²) in [5.41, 5.74) is 7.24. The Morgan fingerprint density at radius 2 is 1.70 bits per heavy atom. The van der Waals surface area contributed by atoms with Crippen LogP contribution in [0.1, 0.15) is 11.1 Å². The lowest BCUT2D eigenvalue weighted by atomic mass is 10.1. The van der Waals surface area contributed by atoms with Crippen LogP contribution in [0.2, 0.25) is 0 Å². The number of aryl methyl sites for hydroxylation is 1. The first kappa shape index (κ1) is 15.0. The van der Waals surface area contributed by atoms with Gasteiger partial charge in [0.1, 0.15) is 11.6 Å². The van der Waals surface area contributed by atoms with Gasteiger partial charge in [-0.05, 0) is 37.1 Å². The first-order chi connectivity index (χ1) is 9.58. The van der Waals surface area contributed by atoms with Crippen molar-refractivity contribution in [2.75, 3.05) is 5.75 Å². The standard InChI is InChI=1S/C16H17F2NS/c1-11-5-2-3-8-16(11)20-10-12(19)9-13-14(17)6-4-7-15(13)18/h2-8,12H,9-10,19H2,1H3. The molecule has 0 aliphatic rings. The Bertz CT molecular complexity index is 566. The molecule has 0 saturated heterocycles. The van der Waals surface area contributed by atoms with Gasteiger partial charge >= 0.3 is 0 Å². The highest BCUT2D eigenvalue weighted by Gasteiger charge is 2.13. The summed E-state index contributed by atoms with van der Waals surface area (Å²) in [5.74, 6) is -0.429. The van der Waals surface area contributed by atoms with Crippen LogP contribution in [0.5, 0.6) is 0 Å². The van der Waals surface area contributed by atoms with Crippen molar-refractivity contribution in [2.45, 2.75) is 24.3 Å². The molecule has 106 valence electrons. The third-order valence-electron chi connectivity index (χ3n) is 3.07. The molecule has 1 nitrogen and oxygen atoms in total. The van der Waals surface area contributed by atoms with Crippen LogP contribution in [0.4, 0.5) is 8.78 Å². The maximum Gasteiger partial charge on any atom is 0.129 e. The minimum atomic E-state index is -0.527. The second-order valence-electron chi connectivity index (χ2n) is 4.74. The van der Waals surface area contributed by atoms with Crippen LogP contribution in [0.25, 0.3) is 0 Å². The summed E-state index contributed by atoms with van der Waals surface area (Å²) in [6.45, 7) is 2.03. The molecule has 0 fully saturated rings. The number of rotatable bonds is 5. The Morgan fingerprint density at radius 3 is 2.35 bits per heavy atom. The van der Waals surface area contributed by atoms with E-state index in [1.165, 1.54) is 23.8 Å². The lowest BCUT2D eigenvalue weighted by molar-refractivity contribution is 0.543. The quantitative estimate of drug-likeness (QED) is 0.845. The van der Waals surface area contributed by atoms with Crippen LogP contribution >= 0.6 is 11.8 Å². The molecule has 0 radical (unpaired) electrons. The van der Waals surface area contributed by atoms with Crippen LogP contribution in [-0.2, 0) is 6.42 Å². The third kappa shape index (κ3) is 3.81. The van der Waals surface area contributed by atoms with Crippen LogP contribution in [-0.4, -0.2) is 11.8 Å². The molecule has 0 aliphatic heterocycles. The third-order valence-corrected chi connectivity index (χ3v) is 4.44. The van der Waals surface area contributed by atoms with E-state index < -0.39 is 11.6 Å². The highest BCUT2D eigenvalue weighted by atomic mass is 32.2. The summed E-state index contributed by atoms with van der Waals surface area (Å²) < 4.78 is 27.1. The monoisotopic (exact) mass is 293 g/mol. The van der Waals surface area contributed by atoms with Gasteiger partial charge in [0.15, 0.2) is 0 Å². The van der Waals surface area contributed by atoms with E-state index in [0.717, 1.165) is 4.90 Å². The minimum Gasteiger partial charge on any atom is -0.327 e. The maximum absolute atomic E-state index is 13.5. The normalized spacial score (nSPS) is 12.4. The van der Waals surface area contributed by atoms with Crippen molar-refractivity contribution in [1.82, 2.24) is 0 Å². The number of halogens is 2. The SMILES string of the molecule is Cc1ccccc1SCC(N)Cc1c(F)cccc1F. The molecular formula is C16H17F2NS. The molecule has 2 aromatic carbocycles. The van der Waals surface area contributed by atoms with Crippen molar-refractivity contribution in [1.29, 1.82) is 0 Å². The topological polar surface area (TPSA) is 26.0 Å². The van der Waals surface area contributed by atoms with E-state index in [1.54, 1.807) is 11.8 Å². The predicted molar refractivity (Wildman–Crippen MR) is 79.9 cm³/mol. The summed E-state index contributed by atoms with van der Waals surface area (Å²) >= 11 is 1.62. The maximum atomic E-state index is 13.5. The van der Waals surface area contributed by atoms with Crippen molar-refractivity contribution in [3.05, 3.63) is 65.2 Å². The van der Waals surface area contributed by atoms with Gasteiger partial charge in [-0.2, -0.15) is 0 Å². The summed E-state index contributed by atoms with van der Waals surface area (Å²) in [7, 11) is 0. The molecule has 1 atom stereocenters. The van der Waals surface area contributed by atoms with E-state index in [-0.39, 0.29) is 18.0 Å². The van der Waals surface area contributed by atoms with Gasteiger partial charge in [-0.1, -0.05) is 24.3 Å². The molecule has 0 spiro atoms. The molecule has 0 aromatic heterocycles. The fourth-order valence-corrected chi connectivity index (χ4v) is 2.95. The van der Waals surface area contributed by atoms with Gasteiger partial charge in [0.25, 0.3) is 0 Å². The largest absolute Gasteiger partial charge is 0.327 e. The van der Waals surface area contributed by atoms with Crippen molar-refractivity contribution >= 4 is 11.8 Å². The highest BCUT2D eigenvalue weighted by Crippen LogP contribution is 2.23. The van der Waals surface area contributed by atoms with Crippen LogP contribution < -0.4 is 5.73 Å². The van der Waals surface area contributed by atoms with Crippen molar-refractivity contribution < 1.29 is 8.78 Å². The van der Waals surface area contributed by atoms with Gasteiger partial charge in [-0.3, -0.25) is 0 Å². The fourth-order valence-electron chi connectivity index (χ4n) is 1.96. The molecule has 0 heterocycles. The molecule has 20 heavy (non-hydrogen) atoms. The van der Waals surface area contributed by atoms with E-state index >= 15 is 0 Å². The molecular weight excluding hydrogens is 276 g/mol. The smallest absolute Gasteiger partial charge is 0.129 e. The zero-order valence-corrected chi connectivity index (χ0v) is 12.1. The highest BCUT2D eigenvalue weighted by molar-refractivity contribution is 7.99. The van der Waals surface area contributed by atoms with E-state index in [4.69, 9.17) is 5.73 Å². The molecule has 4 heteroatoms. The Labute approximate surface area is 122 Å². The lowest BCUT2D eigenvalue weighted by Crippen LogP contribution is -2.26. The molecule has 2 aromatic rings. The Kier molecular flexibility index (Phi) is 5.15. The molecule has 0 amide bonds. The molecule has 2 N–H and O–H groups in total. The summed E-state index contributed by atoms with van der Waals surface area (Å²) in [6, 6.07) is 11.6. The van der Waals surface area contributed by atoms with E-state index in [2.05, 4.69) is 0 Å². The van der Waals surface area contributed by atoms with E-state index in [1.807, 2.05) is 31.2 Å². The molecule has 0 bridgehead atoms. The van der Waals surface area contributed by atoms with Crippen LogP contribution in [0.15, 0.2) is 47.4 Å². The van der Waals surface area contributed by atoms with Gasteiger partial charge < -0.3 is 5.73 Å². The minimum absolute atomic E-state index is 0.0744. The van der Waals surface area contributed by atoms with Crippen LogP contribution in [0, 0.1) is 18.6 Å². The zero-order chi connectivity index (χ0) is 14.5. The lowest BCUT2D eigenvalue weighted by Gasteiger charge is -2.13. The van der Waals surface area contributed by atoms with Gasteiger partial charge in [0.2, 0.25) is 0 Å². The second kappa shape index (κ2) is 6.86. The van der Waals surface area contributed by atoms with Crippen LogP contribution in [0.3, 0.4) is 0 Å². The summed E-state index contributed by atoms with van der Waals surface area (Å²) in [5, 5.41) is 0. The number of thioether (sulfide) groups is 1. The number of nitrogens with two attached hydrogens (primary N) is 1. The van der Waals surface area contributed by atoms with Gasteiger partial charge in [-0.15, -0.1) is 11.8 Å². The first-order valence-corrected chi connectivity index (χ1v) is 7.43. The van der Waals surface area contributed by atoms with Gasteiger partial charge in [0, 0.05) is 22.3 Å². The molecule has 1 unspecified atom stereocenters. The number of hydrogen-bond acceptors (Lipinski definition) is 2. The summed E-state index contributed by atoms with van der Waals surface area (Å²) in [6.07, 6.45) is 0.206. The molecule has 0 aliphatic carbocycles. The average Bonchev–Trinajstić information content (AvgIpc) is 2.42.